The summed E-state index contributed by atoms with van der Waals surface area (Å²) in [6.45, 7) is 0.459. The summed E-state index contributed by atoms with van der Waals surface area (Å²) in [6, 6.07) is 0. The topological polar surface area (TPSA) is 89.2 Å². The molecule has 2 N–H and O–H groups in total. The Balaban J connectivity index is 1.59. The van der Waals surface area contributed by atoms with Crippen molar-refractivity contribution in [3.05, 3.63) is 28.0 Å². The Bertz CT molecular complexity index is 682. The standard InChI is InChI=1S/C16H24N4O3/c1-19-15(18-20(2)16(19)23)11-7-12(13(21)8-11)9-17-14(22)6-10-4-3-5-10/h6,11-13,21H,3-5,7-9H2,1-2H3,(H,17,22)/t11-,12+,13+/m0/s1. The van der Waals surface area contributed by atoms with E-state index in [0.29, 0.717) is 18.8 Å². The first-order chi connectivity index (χ1) is 11.0. The van der Waals surface area contributed by atoms with Gasteiger partial charge in [-0.05, 0) is 32.1 Å². The average molecular weight is 320 g/mol. The number of nitrogens with one attached hydrogen (secondary N) is 1. The first kappa shape index (κ1) is 16.0. The van der Waals surface area contributed by atoms with E-state index < -0.39 is 6.10 Å². The summed E-state index contributed by atoms with van der Waals surface area (Å²) in [5.41, 5.74) is 1.05. The minimum atomic E-state index is -0.478. The first-order valence-electron chi connectivity index (χ1n) is 8.21. The van der Waals surface area contributed by atoms with Gasteiger partial charge in [-0.1, -0.05) is 5.57 Å². The summed E-state index contributed by atoms with van der Waals surface area (Å²) >= 11 is 0. The largest absolute Gasteiger partial charge is 0.393 e. The van der Waals surface area contributed by atoms with E-state index in [2.05, 4.69) is 10.4 Å². The monoisotopic (exact) mass is 320 g/mol. The summed E-state index contributed by atoms with van der Waals surface area (Å²) < 4.78 is 2.86. The Morgan fingerprint density at radius 2 is 2.13 bits per heavy atom. The van der Waals surface area contributed by atoms with E-state index in [-0.39, 0.29) is 23.4 Å². The molecule has 2 fully saturated rings. The molecular formula is C16H24N4O3. The van der Waals surface area contributed by atoms with Gasteiger partial charge in [0, 0.05) is 38.6 Å². The lowest BCUT2D eigenvalue weighted by Crippen LogP contribution is -2.31. The zero-order valence-corrected chi connectivity index (χ0v) is 13.7. The lowest BCUT2D eigenvalue weighted by Gasteiger charge is -2.17. The van der Waals surface area contributed by atoms with Crippen LogP contribution in [-0.2, 0) is 18.9 Å². The Morgan fingerprint density at radius 1 is 1.39 bits per heavy atom. The maximum atomic E-state index is 11.8. The number of hydrogen-bond donors (Lipinski definition) is 2. The number of carbonyl (C=O) groups is 1. The predicted molar refractivity (Wildman–Crippen MR) is 84.9 cm³/mol. The van der Waals surface area contributed by atoms with E-state index in [0.717, 1.165) is 19.3 Å². The second-order valence-electron chi connectivity index (χ2n) is 6.72. The number of amides is 1. The number of carbonyl (C=O) groups excluding carboxylic acids is 1. The van der Waals surface area contributed by atoms with Crippen molar-refractivity contribution < 1.29 is 9.90 Å². The maximum absolute atomic E-state index is 11.8. The highest BCUT2D eigenvalue weighted by Gasteiger charge is 2.36. The fraction of sp³-hybridized carbons (Fsp3) is 0.688. The Hall–Kier alpha value is -1.89. The van der Waals surface area contributed by atoms with Gasteiger partial charge in [-0.25, -0.2) is 9.48 Å². The third kappa shape index (κ3) is 3.24. The van der Waals surface area contributed by atoms with Crippen molar-refractivity contribution in [2.75, 3.05) is 6.54 Å². The van der Waals surface area contributed by atoms with Gasteiger partial charge in [0.1, 0.15) is 5.82 Å². The van der Waals surface area contributed by atoms with E-state index in [1.807, 2.05) is 0 Å². The maximum Gasteiger partial charge on any atom is 0.345 e. The fourth-order valence-electron chi connectivity index (χ4n) is 3.46. The number of aliphatic hydroxyl groups excluding tert-OH is 1. The number of hydrogen-bond acceptors (Lipinski definition) is 4. The van der Waals surface area contributed by atoms with E-state index >= 15 is 0 Å². The van der Waals surface area contributed by atoms with Crippen LogP contribution in [0.15, 0.2) is 16.4 Å². The third-order valence-electron chi connectivity index (χ3n) is 5.05. The summed E-state index contributed by atoms with van der Waals surface area (Å²) in [7, 11) is 3.33. The van der Waals surface area contributed by atoms with Crippen LogP contribution in [0.4, 0.5) is 0 Å². The highest BCUT2D eigenvalue weighted by Crippen LogP contribution is 2.37. The Morgan fingerprint density at radius 3 is 2.70 bits per heavy atom. The van der Waals surface area contributed by atoms with Crippen molar-refractivity contribution in [2.45, 2.75) is 44.1 Å². The highest BCUT2D eigenvalue weighted by atomic mass is 16.3. The van der Waals surface area contributed by atoms with Crippen molar-refractivity contribution in [1.29, 1.82) is 0 Å². The van der Waals surface area contributed by atoms with Crippen LogP contribution in [0.3, 0.4) is 0 Å². The molecule has 1 aromatic rings. The van der Waals surface area contributed by atoms with Gasteiger partial charge in [-0.3, -0.25) is 9.36 Å². The molecule has 2 aliphatic carbocycles. The molecule has 0 spiro atoms. The number of aryl methyl sites for hydroxylation is 1. The van der Waals surface area contributed by atoms with Crippen LogP contribution >= 0.6 is 0 Å². The van der Waals surface area contributed by atoms with Gasteiger partial charge in [-0.15, -0.1) is 0 Å². The summed E-state index contributed by atoms with van der Waals surface area (Å²) in [5, 5.41) is 17.4. The summed E-state index contributed by atoms with van der Waals surface area (Å²) in [6.07, 6.45) is 5.72. The molecule has 1 aromatic heterocycles. The molecule has 0 saturated heterocycles. The highest BCUT2D eigenvalue weighted by molar-refractivity contribution is 5.88. The van der Waals surface area contributed by atoms with Gasteiger partial charge >= 0.3 is 5.69 Å². The van der Waals surface area contributed by atoms with Crippen LogP contribution in [-0.4, -0.2) is 38.0 Å². The fourth-order valence-corrected chi connectivity index (χ4v) is 3.46. The molecule has 1 amide bonds. The molecule has 0 aliphatic heterocycles. The number of allylic oxidation sites excluding steroid dienone is 1. The minimum Gasteiger partial charge on any atom is -0.393 e. The molecule has 3 rings (SSSR count). The smallest absolute Gasteiger partial charge is 0.345 e. The van der Waals surface area contributed by atoms with E-state index in [9.17, 15) is 14.7 Å². The van der Waals surface area contributed by atoms with E-state index in [1.165, 1.54) is 16.7 Å². The van der Waals surface area contributed by atoms with E-state index in [4.69, 9.17) is 0 Å². The van der Waals surface area contributed by atoms with Crippen LogP contribution in [0.25, 0.3) is 0 Å². The van der Waals surface area contributed by atoms with Crippen molar-refractivity contribution in [3.8, 4) is 0 Å². The summed E-state index contributed by atoms with van der Waals surface area (Å²) in [5.74, 6) is 0.694. The number of aliphatic hydroxyl groups is 1. The normalized spacial score (nSPS) is 26.9. The van der Waals surface area contributed by atoms with Gasteiger partial charge in [0.15, 0.2) is 0 Å². The molecular weight excluding hydrogens is 296 g/mol. The van der Waals surface area contributed by atoms with Crippen LogP contribution in [0.5, 0.6) is 0 Å². The number of nitrogens with zero attached hydrogens (tertiary/aromatic N) is 3. The lowest BCUT2D eigenvalue weighted by molar-refractivity contribution is -0.116. The molecule has 1 heterocycles. The van der Waals surface area contributed by atoms with Crippen LogP contribution < -0.4 is 11.0 Å². The molecule has 7 nitrogen and oxygen atoms in total. The second kappa shape index (κ2) is 6.31. The minimum absolute atomic E-state index is 0.000786. The van der Waals surface area contributed by atoms with Crippen molar-refractivity contribution >= 4 is 5.91 Å². The van der Waals surface area contributed by atoms with Gasteiger partial charge in [-0.2, -0.15) is 5.10 Å². The number of rotatable bonds is 4. The zero-order chi connectivity index (χ0) is 16.6. The molecule has 0 aromatic carbocycles. The SMILES string of the molecule is Cn1nc([C@H]2C[C@H](CNC(=O)C=C3CCC3)[C@H](O)C2)n(C)c1=O. The van der Waals surface area contributed by atoms with Gasteiger partial charge in [0.25, 0.3) is 0 Å². The Labute approximate surface area is 135 Å². The van der Waals surface area contributed by atoms with Crippen molar-refractivity contribution in [1.82, 2.24) is 19.7 Å². The predicted octanol–water partition coefficient (Wildman–Crippen LogP) is 0.200. The van der Waals surface area contributed by atoms with Gasteiger partial charge in [0.2, 0.25) is 5.91 Å². The van der Waals surface area contributed by atoms with Crippen LogP contribution in [0, 0.1) is 5.92 Å². The van der Waals surface area contributed by atoms with Crippen LogP contribution in [0.1, 0.15) is 43.8 Å². The zero-order valence-electron chi connectivity index (χ0n) is 13.7. The molecule has 7 heteroatoms. The molecule has 2 saturated carbocycles. The quantitative estimate of drug-likeness (QED) is 0.776. The van der Waals surface area contributed by atoms with Gasteiger partial charge < -0.3 is 10.4 Å². The van der Waals surface area contributed by atoms with Gasteiger partial charge in [0.05, 0.1) is 6.10 Å². The lowest BCUT2D eigenvalue weighted by atomic mass is 9.92. The second-order valence-corrected chi connectivity index (χ2v) is 6.72. The molecule has 0 radical (unpaired) electrons. The molecule has 126 valence electrons. The number of aromatic nitrogens is 3. The van der Waals surface area contributed by atoms with E-state index in [1.54, 1.807) is 24.7 Å². The molecule has 2 aliphatic rings. The Kier molecular flexibility index (Phi) is 4.39. The molecule has 0 unspecified atom stereocenters. The van der Waals surface area contributed by atoms with Crippen molar-refractivity contribution in [2.24, 2.45) is 20.0 Å². The molecule has 0 bridgehead atoms. The summed E-state index contributed by atoms with van der Waals surface area (Å²) in [4.78, 5) is 23.6. The average Bonchev–Trinajstić information content (AvgIpc) is 2.96. The first-order valence-corrected chi connectivity index (χ1v) is 8.21. The molecule has 3 atom stereocenters. The molecule has 23 heavy (non-hydrogen) atoms. The van der Waals surface area contributed by atoms with Crippen molar-refractivity contribution in [3.63, 3.8) is 0 Å². The third-order valence-corrected chi connectivity index (χ3v) is 5.05. The van der Waals surface area contributed by atoms with Crippen LogP contribution in [0.2, 0.25) is 0 Å².